The van der Waals surface area contributed by atoms with E-state index >= 15 is 0 Å². The van der Waals surface area contributed by atoms with Gasteiger partial charge in [0.15, 0.2) is 0 Å². The third-order valence-electron chi connectivity index (χ3n) is 4.50. The summed E-state index contributed by atoms with van der Waals surface area (Å²) in [6, 6.07) is 7.90. The number of nitrogens with one attached hydrogen (secondary N) is 1. The van der Waals surface area contributed by atoms with Crippen LogP contribution >= 0.6 is 0 Å². The van der Waals surface area contributed by atoms with Crippen molar-refractivity contribution in [3.8, 4) is 6.07 Å². The Labute approximate surface area is 103 Å². The number of hydrogen-bond acceptors (Lipinski definition) is 3. The monoisotopic (exact) mass is 229 g/mol. The molecule has 3 heteroatoms. The Morgan fingerprint density at radius 1 is 1.24 bits per heavy atom. The molecule has 90 valence electrons. The smallest absolute Gasteiger partial charge is 0.0992 e. The first-order valence-corrected chi connectivity index (χ1v) is 5.87. The van der Waals surface area contributed by atoms with Gasteiger partial charge in [0.25, 0.3) is 0 Å². The fraction of sp³-hybridized carbons (Fsp3) is 0.500. The highest BCUT2D eigenvalue weighted by molar-refractivity contribution is 5.69. The minimum atomic E-state index is 0.271. The van der Waals surface area contributed by atoms with Crippen LogP contribution in [-0.4, -0.2) is 6.04 Å². The van der Waals surface area contributed by atoms with Gasteiger partial charge in [-0.05, 0) is 29.0 Å². The second-order valence-electron chi connectivity index (χ2n) is 5.93. The molecule has 3 nitrogen and oxygen atoms in total. The highest BCUT2D eigenvalue weighted by Gasteiger charge is 2.64. The molecule has 1 aliphatic rings. The molecule has 1 aromatic rings. The van der Waals surface area contributed by atoms with E-state index in [1.165, 1.54) is 0 Å². The number of benzene rings is 1. The maximum absolute atomic E-state index is 8.79. The molecule has 0 amide bonds. The van der Waals surface area contributed by atoms with Crippen molar-refractivity contribution < 1.29 is 0 Å². The highest BCUT2D eigenvalue weighted by atomic mass is 15.1. The second-order valence-corrected chi connectivity index (χ2v) is 5.93. The summed E-state index contributed by atoms with van der Waals surface area (Å²) >= 11 is 0. The maximum atomic E-state index is 8.79. The van der Waals surface area contributed by atoms with Gasteiger partial charge in [0.1, 0.15) is 0 Å². The Morgan fingerprint density at radius 3 is 2.24 bits per heavy atom. The van der Waals surface area contributed by atoms with Crippen molar-refractivity contribution in [2.24, 2.45) is 10.8 Å². The molecule has 17 heavy (non-hydrogen) atoms. The summed E-state index contributed by atoms with van der Waals surface area (Å²) in [7, 11) is 0. The SMILES string of the molecule is CC1(C)C(Nc2ccc(C#N)cc2N)C1(C)C. The predicted octanol–water partition coefficient (Wildman–Crippen LogP) is 2.99. The molecule has 3 N–H and O–H groups in total. The second kappa shape index (κ2) is 3.40. The summed E-state index contributed by atoms with van der Waals surface area (Å²) in [4.78, 5) is 0. The summed E-state index contributed by atoms with van der Waals surface area (Å²) in [6.07, 6.45) is 0. The Hall–Kier alpha value is -1.69. The number of nitrogen functional groups attached to an aromatic ring is 1. The zero-order valence-electron chi connectivity index (χ0n) is 10.8. The number of anilines is 2. The molecule has 0 spiro atoms. The summed E-state index contributed by atoms with van der Waals surface area (Å²) in [5.74, 6) is 0. The number of nitrogens with zero attached hydrogens (tertiary/aromatic N) is 1. The molecule has 1 aromatic carbocycles. The van der Waals surface area contributed by atoms with Gasteiger partial charge in [0.05, 0.1) is 23.0 Å². The summed E-state index contributed by atoms with van der Waals surface area (Å²) in [5.41, 5.74) is 8.64. The lowest BCUT2D eigenvalue weighted by atomic mass is 10.0. The van der Waals surface area contributed by atoms with E-state index in [1.807, 2.05) is 6.07 Å². The van der Waals surface area contributed by atoms with E-state index in [-0.39, 0.29) is 10.8 Å². The largest absolute Gasteiger partial charge is 0.397 e. The average molecular weight is 229 g/mol. The quantitative estimate of drug-likeness (QED) is 0.766. The predicted molar refractivity (Wildman–Crippen MR) is 70.5 cm³/mol. The Balaban J connectivity index is 2.20. The first-order chi connectivity index (χ1) is 7.80. The van der Waals surface area contributed by atoms with Crippen LogP contribution < -0.4 is 11.1 Å². The number of rotatable bonds is 2. The molecule has 0 bridgehead atoms. The molecule has 0 unspecified atom stereocenters. The van der Waals surface area contributed by atoms with Crippen molar-refractivity contribution in [1.29, 1.82) is 5.26 Å². The lowest BCUT2D eigenvalue weighted by Gasteiger charge is -2.11. The van der Waals surface area contributed by atoms with Crippen molar-refractivity contribution in [3.05, 3.63) is 23.8 Å². The number of hydrogen-bond donors (Lipinski definition) is 2. The third kappa shape index (κ3) is 1.64. The fourth-order valence-electron chi connectivity index (χ4n) is 2.48. The zero-order chi connectivity index (χ0) is 12.8. The van der Waals surface area contributed by atoms with Crippen molar-refractivity contribution in [2.45, 2.75) is 33.7 Å². The lowest BCUT2D eigenvalue weighted by molar-refractivity contribution is 0.457. The zero-order valence-corrected chi connectivity index (χ0v) is 10.8. The van der Waals surface area contributed by atoms with E-state index in [0.717, 1.165) is 5.69 Å². The third-order valence-corrected chi connectivity index (χ3v) is 4.50. The van der Waals surface area contributed by atoms with Gasteiger partial charge in [-0.3, -0.25) is 0 Å². The molecule has 0 aliphatic heterocycles. The van der Waals surface area contributed by atoms with E-state index in [9.17, 15) is 0 Å². The minimum Gasteiger partial charge on any atom is -0.397 e. The van der Waals surface area contributed by atoms with Crippen LogP contribution in [0.25, 0.3) is 0 Å². The molecule has 2 rings (SSSR count). The normalized spacial score (nSPS) is 20.6. The van der Waals surface area contributed by atoms with Crippen molar-refractivity contribution >= 4 is 11.4 Å². The topological polar surface area (TPSA) is 61.8 Å². The van der Waals surface area contributed by atoms with E-state index < -0.39 is 0 Å². The van der Waals surface area contributed by atoms with E-state index in [2.05, 4.69) is 39.1 Å². The van der Waals surface area contributed by atoms with Gasteiger partial charge in [-0.2, -0.15) is 5.26 Å². The summed E-state index contributed by atoms with van der Waals surface area (Å²) < 4.78 is 0. The highest BCUT2D eigenvalue weighted by Crippen LogP contribution is 2.63. The van der Waals surface area contributed by atoms with Crippen molar-refractivity contribution in [1.82, 2.24) is 0 Å². The maximum Gasteiger partial charge on any atom is 0.0992 e. The van der Waals surface area contributed by atoms with Crippen molar-refractivity contribution in [3.63, 3.8) is 0 Å². The molecule has 0 aromatic heterocycles. The molecule has 0 heterocycles. The van der Waals surface area contributed by atoms with E-state index in [1.54, 1.807) is 12.1 Å². The summed E-state index contributed by atoms with van der Waals surface area (Å²) in [5, 5.41) is 12.3. The van der Waals surface area contributed by atoms with Crippen LogP contribution in [0, 0.1) is 22.2 Å². The molecular weight excluding hydrogens is 210 g/mol. The first kappa shape index (κ1) is 11.8. The Morgan fingerprint density at radius 2 is 1.82 bits per heavy atom. The average Bonchev–Trinajstić information content (AvgIpc) is 2.63. The van der Waals surface area contributed by atoms with Crippen LogP contribution in [0.15, 0.2) is 18.2 Å². The van der Waals surface area contributed by atoms with Crippen LogP contribution in [0.4, 0.5) is 11.4 Å². The molecular formula is C14H19N3. The molecule has 0 radical (unpaired) electrons. The van der Waals surface area contributed by atoms with E-state index in [4.69, 9.17) is 11.0 Å². The van der Waals surface area contributed by atoms with Gasteiger partial charge in [-0.1, -0.05) is 27.7 Å². The molecule has 1 fully saturated rings. The van der Waals surface area contributed by atoms with Crippen LogP contribution in [0.5, 0.6) is 0 Å². The van der Waals surface area contributed by atoms with Crippen LogP contribution in [0.2, 0.25) is 0 Å². The molecule has 0 saturated heterocycles. The lowest BCUT2D eigenvalue weighted by Crippen LogP contribution is -2.11. The van der Waals surface area contributed by atoms with Gasteiger partial charge >= 0.3 is 0 Å². The molecule has 1 saturated carbocycles. The van der Waals surface area contributed by atoms with Gasteiger partial charge in [0.2, 0.25) is 0 Å². The van der Waals surface area contributed by atoms with Gasteiger partial charge < -0.3 is 11.1 Å². The van der Waals surface area contributed by atoms with Crippen molar-refractivity contribution in [2.75, 3.05) is 11.1 Å². The number of nitrogens with two attached hydrogens (primary N) is 1. The Bertz CT molecular complexity index is 481. The Kier molecular flexibility index (Phi) is 2.36. The van der Waals surface area contributed by atoms with Crippen LogP contribution in [0.3, 0.4) is 0 Å². The minimum absolute atomic E-state index is 0.271. The first-order valence-electron chi connectivity index (χ1n) is 5.87. The molecule has 1 aliphatic carbocycles. The van der Waals surface area contributed by atoms with Gasteiger partial charge in [0, 0.05) is 6.04 Å². The van der Waals surface area contributed by atoms with Crippen LogP contribution in [-0.2, 0) is 0 Å². The number of nitriles is 1. The van der Waals surface area contributed by atoms with E-state index in [0.29, 0.717) is 17.3 Å². The summed E-state index contributed by atoms with van der Waals surface area (Å²) in [6.45, 7) is 9.02. The molecule has 0 atom stereocenters. The standard InChI is InChI=1S/C14H19N3/c1-13(2)12(14(13,3)4)17-11-6-5-9(8-15)7-10(11)16/h5-7,12,17H,16H2,1-4H3. The fourth-order valence-corrected chi connectivity index (χ4v) is 2.48. The van der Waals surface area contributed by atoms with Gasteiger partial charge in [-0.25, -0.2) is 0 Å². The van der Waals surface area contributed by atoms with Gasteiger partial charge in [-0.15, -0.1) is 0 Å². The van der Waals surface area contributed by atoms with Crippen LogP contribution in [0.1, 0.15) is 33.3 Å².